The summed E-state index contributed by atoms with van der Waals surface area (Å²) in [5, 5.41) is 0. The van der Waals surface area contributed by atoms with Crippen molar-refractivity contribution in [1.29, 1.82) is 0 Å². The minimum absolute atomic E-state index is 0.108. The number of esters is 3. The summed E-state index contributed by atoms with van der Waals surface area (Å²) < 4.78 is 16.8. The van der Waals surface area contributed by atoms with Crippen LogP contribution in [0.15, 0.2) is 122 Å². The summed E-state index contributed by atoms with van der Waals surface area (Å²) >= 11 is 0. The molecule has 72 heavy (non-hydrogen) atoms. The molecule has 0 aromatic heterocycles. The summed E-state index contributed by atoms with van der Waals surface area (Å²) in [7, 11) is 0. The van der Waals surface area contributed by atoms with Crippen LogP contribution in [0, 0.1) is 0 Å². The minimum Gasteiger partial charge on any atom is -0.462 e. The van der Waals surface area contributed by atoms with Crippen molar-refractivity contribution in [1.82, 2.24) is 0 Å². The maximum absolute atomic E-state index is 12.9. The van der Waals surface area contributed by atoms with Gasteiger partial charge in [0.1, 0.15) is 13.2 Å². The van der Waals surface area contributed by atoms with Crippen LogP contribution in [-0.2, 0) is 28.6 Å². The third-order valence-electron chi connectivity index (χ3n) is 12.2. The van der Waals surface area contributed by atoms with Crippen molar-refractivity contribution in [3.63, 3.8) is 0 Å². The van der Waals surface area contributed by atoms with Gasteiger partial charge in [0, 0.05) is 19.3 Å². The van der Waals surface area contributed by atoms with Gasteiger partial charge in [0.05, 0.1) is 0 Å². The van der Waals surface area contributed by atoms with Crippen LogP contribution in [0.25, 0.3) is 0 Å². The lowest BCUT2D eigenvalue weighted by Gasteiger charge is -2.18. The van der Waals surface area contributed by atoms with E-state index in [2.05, 4.69) is 136 Å². The Kier molecular flexibility index (Phi) is 55.9. The molecular formula is C66H108O6. The van der Waals surface area contributed by atoms with E-state index in [1.807, 2.05) is 6.08 Å². The van der Waals surface area contributed by atoms with Crippen molar-refractivity contribution in [2.45, 2.75) is 264 Å². The first-order chi connectivity index (χ1) is 35.5. The molecule has 0 fully saturated rings. The van der Waals surface area contributed by atoms with Crippen LogP contribution in [0.1, 0.15) is 258 Å². The predicted molar refractivity (Wildman–Crippen MR) is 311 cm³/mol. The summed E-state index contributed by atoms with van der Waals surface area (Å²) in [5.74, 6) is -1.01. The van der Waals surface area contributed by atoms with Crippen LogP contribution in [0.4, 0.5) is 0 Å². The highest BCUT2D eigenvalue weighted by molar-refractivity contribution is 5.71. The fourth-order valence-electron chi connectivity index (χ4n) is 7.87. The summed E-state index contributed by atoms with van der Waals surface area (Å²) in [4.78, 5) is 38.2. The van der Waals surface area contributed by atoms with E-state index in [1.165, 1.54) is 96.3 Å². The maximum Gasteiger partial charge on any atom is 0.306 e. The van der Waals surface area contributed by atoms with Gasteiger partial charge in [0.15, 0.2) is 6.10 Å². The molecule has 0 heterocycles. The van der Waals surface area contributed by atoms with Crippen molar-refractivity contribution in [2.75, 3.05) is 13.2 Å². The predicted octanol–water partition coefficient (Wildman–Crippen LogP) is 20.0. The SMILES string of the molecule is CC/C=C\C/C=C\C/C=C\C/C=C\C/C=C\C/C=C\CCC(=O)OCC(COC(=O)CCCCCCCCCCCCCCCCCC)OC(=O)CCCCCCCC/C=C\C/C=C\C/C=C\C/C=C\CC. The maximum atomic E-state index is 12.9. The summed E-state index contributed by atoms with van der Waals surface area (Å²) in [5.41, 5.74) is 0. The van der Waals surface area contributed by atoms with Gasteiger partial charge in [0.25, 0.3) is 0 Å². The molecular weight excluding hydrogens is 889 g/mol. The lowest BCUT2D eigenvalue weighted by Crippen LogP contribution is -2.30. The first-order valence-electron chi connectivity index (χ1n) is 29.5. The largest absolute Gasteiger partial charge is 0.462 e. The van der Waals surface area contributed by atoms with Crippen molar-refractivity contribution in [2.24, 2.45) is 0 Å². The van der Waals surface area contributed by atoms with Gasteiger partial charge in [-0.15, -0.1) is 0 Å². The van der Waals surface area contributed by atoms with E-state index >= 15 is 0 Å². The molecule has 0 aliphatic rings. The summed E-state index contributed by atoms with van der Waals surface area (Å²) in [6.45, 7) is 6.35. The molecule has 0 bridgehead atoms. The van der Waals surface area contributed by atoms with E-state index in [9.17, 15) is 14.4 Å². The average Bonchev–Trinajstić information content (AvgIpc) is 3.38. The van der Waals surface area contributed by atoms with Crippen LogP contribution in [-0.4, -0.2) is 37.2 Å². The van der Waals surface area contributed by atoms with Gasteiger partial charge in [0.2, 0.25) is 0 Å². The molecule has 0 amide bonds. The van der Waals surface area contributed by atoms with E-state index in [-0.39, 0.29) is 37.5 Å². The Hall–Kier alpha value is -4.19. The highest BCUT2D eigenvalue weighted by Gasteiger charge is 2.19. The number of allylic oxidation sites excluding steroid dienone is 20. The Bertz CT molecular complexity index is 1520. The van der Waals surface area contributed by atoms with Crippen molar-refractivity contribution < 1.29 is 28.6 Å². The molecule has 0 aromatic carbocycles. The smallest absolute Gasteiger partial charge is 0.306 e. The van der Waals surface area contributed by atoms with Gasteiger partial charge in [-0.1, -0.05) is 264 Å². The van der Waals surface area contributed by atoms with E-state index in [1.54, 1.807) is 0 Å². The molecule has 0 radical (unpaired) electrons. The molecule has 0 saturated heterocycles. The average molecular weight is 998 g/mol. The number of carbonyl (C=O) groups is 3. The van der Waals surface area contributed by atoms with E-state index in [0.29, 0.717) is 19.3 Å². The number of carbonyl (C=O) groups excluding carboxylic acids is 3. The molecule has 0 spiro atoms. The second kappa shape index (κ2) is 59.4. The Morgan fingerprint density at radius 2 is 0.569 bits per heavy atom. The molecule has 0 saturated carbocycles. The molecule has 0 aliphatic heterocycles. The molecule has 1 atom stereocenters. The number of hydrogen-bond donors (Lipinski definition) is 0. The molecule has 0 N–H and O–H groups in total. The minimum atomic E-state index is -0.819. The van der Waals surface area contributed by atoms with Crippen LogP contribution in [0.3, 0.4) is 0 Å². The zero-order valence-electron chi connectivity index (χ0n) is 46.7. The Morgan fingerprint density at radius 3 is 0.931 bits per heavy atom. The number of ether oxygens (including phenoxy) is 3. The molecule has 0 rings (SSSR count). The monoisotopic (exact) mass is 997 g/mol. The molecule has 408 valence electrons. The zero-order chi connectivity index (χ0) is 52.2. The van der Waals surface area contributed by atoms with Gasteiger partial charge >= 0.3 is 17.9 Å². The van der Waals surface area contributed by atoms with Gasteiger partial charge in [-0.25, -0.2) is 0 Å². The van der Waals surface area contributed by atoms with Gasteiger partial charge in [-0.3, -0.25) is 14.4 Å². The first kappa shape index (κ1) is 67.8. The molecule has 0 aromatic rings. The highest BCUT2D eigenvalue weighted by atomic mass is 16.6. The fourth-order valence-corrected chi connectivity index (χ4v) is 7.87. The number of hydrogen-bond acceptors (Lipinski definition) is 6. The quantitative estimate of drug-likeness (QED) is 0.0261. The molecule has 6 heteroatoms. The normalized spacial score (nSPS) is 13.0. The van der Waals surface area contributed by atoms with Crippen LogP contribution < -0.4 is 0 Å². The Balaban J connectivity index is 4.53. The molecule has 0 aliphatic carbocycles. The van der Waals surface area contributed by atoms with Gasteiger partial charge < -0.3 is 14.2 Å². The Morgan fingerprint density at radius 1 is 0.292 bits per heavy atom. The number of unbranched alkanes of at least 4 members (excludes halogenated alkanes) is 21. The van der Waals surface area contributed by atoms with Gasteiger partial charge in [-0.05, 0) is 96.3 Å². The zero-order valence-corrected chi connectivity index (χ0v) is 46.7. The van der Waals surface area contributed by atoms with Crippen LogP contribution in [0.5, 0.6) is 0 Å². The van der Waals surface area contributed by atoms with Crippen molar-refractivity contribution >= 4 is 17.9 Å². The Labute approximate surface area is 443 Å². The highest BCUT2D eigenvalue weighted by Crippen LogP contribution is 2.15. The van der Waals surface area contributed by atoms with Crippen molar-refractivity contribution in [3.05, 3.63) is 122 Å². The number of rotatable bonds is 52. The van der Waals surface area contributed by atoms with E-state index < -0.39 is 6.10 Å². The van der Waals surface area contributed by atoms with Crippen LogP contribution in [0.2, 0.25) is 0 Å². The molecule has 6 nitrogen and oxygen atoms in total. The fraction of sp³-hybridized carbons (Fsp3) is 0.652. The summed E-state index contributed by atoms with van der Waals surface area (Å²) in [6, 6.07) is 0. The standard InChI is InChI=1S/C66H108O6/c1-4-7-10-13-16-19-22-25-28-31-33-35-38-41-44-47-50-53-56-59-65(68)71-62-63(61-70-64(67)58-55-52-49-46-43-40-37-30-27-24-21-18-15-12-9-6-3)72-66(69)60-57-54-51-48-45-42-39-36-34-32-29-26-23-20-17-14-11-8-5-2/h7-8,10-11,16-17,19-20,25-26,28-29,33-36,41,44,50,53,63H,4-6,9,12-15,18,21-24,27,30-32,37-40,42-43,45-49,51-52,54-62H2,1-3H3/b10-7-,11-8-,19-16-,20-17-,28-25-,29-26-,35-33-,36-34-,44-41-,53-50-. The van der Waals surface area contributed by atoms with Crippen molar-refractivity contribution in [3.8, 4) is 0 Å². The second-order valence-corrected chi connectivity index (χ2v) is 19.1. The topological polar surface area (TPSA) is 78.9 Å². The molecule has 1 unspecified atom stereocenters. The van der Waals surface area contributed by atoms with Crippen LogP contribution >= 0.6 is 0 Å². The summed E-state index contributed by atoms with van der Waals surface area (Å²) in [6.07, 6.45) is 82.0. The second-order valence-electron chi connectivity index (χ2n) is 19.1. The third kappa shape index (κ3) is 56.7. The first-order valence-corrected chi connectivity index (χ1v) is 29.5. The lowest BCUT2D eigenvalue weighted by atomic mass is 10.0. The lowest BCUT2D eigenvalue weighted by molar-refractivity contribution is -0.166. The van der Waals surface area contributed by atoms with Gasteiger partial charge in [-0.2, -0.15) is 0 Å². The van der Waals surface area contributed by atoms with E-state index in [4.69, 9.17) is 14.2 Å². The van der Waals surface area contributed by atoms with E-state index in [0.717, 1.165) is 116 Å². The third-order valence-corrected chi connectivity index (χ3v) is 12.2.